The molecule has 0 bridgehead atoms. The Kier molecular flexibility index (Phi) is 7.41. The Balaban J connectivity index is 1.78. The second kappa shape index (κ2) is 10.0. The van der Waals surface area contributed by atoms with Gasteiger partial charge >= 0.3 is 0 Å². The van der Waals surface area contributed by atoms with Gasteiger partial charge in [0.15, 0.2) is 5.11 Å². The van der Waals surface area contributed by atoms with Crippen LogP contribution in [0.1, 0.15) is 22.4 Å². The molecule has 2 aromatic heterocycles. The minimum atomic E-state index is -0.0621. The molecule has 0 radical (unpaired) electrons. The molecule has 0 fully saturated rings. The lowest BCUT2D eigenvalue weighted by Crippen LogP contribution is -2.40. The molecule has 3 rings (SSSR count). The summed E-state index contributed by atoms with van der Waals surface area (Å²) >= 11 is 7.38. The molecule has 0 spiro atoms. The van der Waals surface area contributed by atoms with E-state index in [1.807, 2.05) is 24.3 Å². The van der Waals surface area contributed by atoms with Crippen molar-refractivity contribution in [3.05, 3.63) is 68.1 Å². The number of fused-ring (bicyclic) bond motifs is 1. The number of hydrogen-bond donors (Lipinski definition) is 2. The van der Waals surface area contributed by atoms with Crippen molar-refractivity contribution in [3.63, 3.8) is 0 Å². The third-order valence-electron chi connectivity index (χ3n) is 4.71. The van der Waals surface area contributed by atoms with Crippen molar-refractivity contribution in [1.82, 2.24) is 20.1 Å². The summed E-state index contributed by atoms with van der Waals surface area (Å²) in [6, 6.07) is 12.2. The fourth-order valence-electron chi connectivity index (χ4n) is 3.19. The summed E-state index contributed by atoms with van der Waals surface area (Å²) in [5, 5.41) is 7.15. The number of H-pyrrole nitrogens is 1. The number of aromatic nitrogens is 1. The Hall–Kier alpha value is -2.22. The molecule has 2 heterocycles. The SMILES string of the molecule is Cc1ccc2[nH]c(=O)c(CN(Cc3cccs3)C(=S)NCCCN(C)C)cc2c1. The summed E-state index contributed by atoms with van der Waals surface area (Å²) in [6.07, 6.45) is 1.01. The molecule has 2 N–H and O–H groups in total. The predicted octanol–water partition coefficient (Wildman–Crippen LogP) is 3.73. The predicted molar refractivity (Wildman–Crippen MR) is 127 cm³/mol. The molecule has 7 heteroatoms. The summed E-state index contributed by atoms with van der Waals surface area (Å²) in [5.74, 6) is 0. The standard InChI is InChI=1S/C22H28N4OS2/c1-16-7-8-20-17(12-16)13-18(21(27)24-20)14-26(15-19-6-4-11-29-19)22(28)23-9-5-10-25(2)3/h4,6-8,11-13H,5,9-10,14-15H2,1-3H3,(H,23,28)(H,24,27). The van der Waals surface area contributed by atoms with Gasteiger partial charge in [0.25, 0.3) is 5.56 Å². The van der Waals surface area contributed by atoms with Crippen LogP contribution < -0.4 is 10.9 Å². The first kappa shape index (κ1) is 21.5. The van der Waals surface area contributed by atoms with Gasteiger partial charge in [0.1, 0.15) is 0 Å². The van der Waals surface area contributed by atoms with Gasteiger partial charge in [-0.1, -0.05) is 17.7 Å². The molecule has 3 aromatic rings. The Morgan fingerprint density at radius 3 is 2.76 bits per heavy atom. The normalized spacial score (nSPS) is 11.2. The maximum absolute atomic E-state index is 12.7. The number of aromatic amines is 1. The van der Waals surface area contributed by atoms with Gasteiger partial charge in [0.2, 0.25) is 0 Å². The quantitative estimate of drug-likeness (QED) is 0.423. The second-order valence-corrected chi connectivity index (χ2v) is 8.96. The van der Waals surface area contributed by atoms with Crippen LogP contribution in [0.4, 0.5) is 0 Å². The summed E-state index contributed by atoms with van der Waals surface area (Å²) < 4.78 is 0. The lowest BCUT2D eigenvalue weighted by molar-refractivity contribution is 0.385. The number of benzene rings is 1. The monoisotopic (exact) mass is 428 g/mol. The van der Waals surface area contributed by atoms with Gasteiger partial charge in [-0.25, -0.2) is 0 Å². The molecular weight excluding hydrogens is 400 g/mol. The smallest absolute Gasteiger partial charge is 0.253 e. The van der Waals surface area contributed by atoms with Crippen LogP contribution in [0.5, 0.6) is 0 Å². The molecule has 0 atom stereocenters. The number of aryl methyl sites for hydroxylation is 1. The average Bonchev–Trinajstić information content (AvgIpc) is 3.18. The van der Waals surface area contributed by atoms with Gasteiger partial charge in [0.05, 0.1) is 13.1 Å². The Morgan fingerprint density at radius 2 is 2.03 bits per heavy atom. The van der Waals surface area contributed by atoms with Gasteiger partial charge in [0, 0.05) is 22.5 Å². The maximum Gasteiger partial charge on any atom is 0.253 e. The molecule has 0 aliphatic heterocycles. The summed E-state index contributed by atoms with van der Waals surface area (Å²) in [4.78, 5) is 21.1. The van der Waals surface area contributed by atoms with Crippen LogP contribution in [-0.2, 0) is 13.1 Å². The van der Waals surface area contributed by atoms with Gasteiger partial charge in [-0.2, -0.15) is 0 Å². The Bertz CT molecular complexity index is 1010. The minimum absolute atomic E-state index is 0.0621. The lowest BCUT2D eigenvalue weighted by atomic mass is 10.1. The first-order chi connectivity index (χ1) is 13.9. The average molecular weight is 429 g/mol. The van der Waals surface area contributed by atoms with E-state index in [1.54, 1.807) is 11.3 Å². The van der Waals surface area contributed by atoms with Crippen LogP contribution in [0.2, 0.25) is 0 Å². The molecule has 0 aliphatic carbocycles. The van der Waals surface area contributed by atoms with Crippen molar-refractivity contribution in [2.45, 2.75) is 26.4 Å². The highest BCUT2D eigenvalue weighted by Gasteiger charge is 2.14. The number of rotatable bonds is 8. The van der Waals surface area contributed by atoms with Gasteiger partial charge in [-0.3, -0.25) is 4.79 Å². The molecule has 154 valence electrons. The summed E-state index contributed by atoms with van der Waals surface area (Å²) in [6.45, 7) is 5.02. The number of nitrogens with one attached hydrogen (secondary N) is 2. The number of thiophene rings is 1. The molecule has 0 aliphatic rings. The maximum atomic E-state index is 12.7. The van der Waals surface area contributed by atoms with Crippen molar-refractivity contribution in [1.29, 1.82) is 0 Å². The van der Waals surface area contributed by atoms with Crippen molar-refractivity contribution in [2.24, 2.45) is 0 Å². The first-order valence-electron chi connectivity index (χ1n) is 9.75. The number of nitrogens with zero attached hydrogens (tertiary/aromatic N) is 2. The number of hydrogen-bond acceptors (Lipinski definition) is 4. The van der Waals surface area contributed by atoms with E-state index in [0.29, 0.717) is 18.2 Å². The molecule has 1 aromatic carbocycles. The van der Waals surface area contributed by atoms with Crippen molar-refractivity contribution >= 4 is 39.6 Å². The zero-order valence-electron chi connectivity index (χ0n) is 17.2. The van der Waals surface area contributed by atoms with E-state index in [9.17, 15) is 4.79 Å². The third kappa shape index (κ3) is 6.13. The van der Waals surface area contributed by atoms with Crippen molar-refractivity contribution in [2.75, 3.05) is 27.2 Å². The largest absolute Gasteiger partial charge is 0.363 e. The second-order valence-electron chi connectivity index (χ2n) is 7.54. The fraction of sp³-hybridized carbons (Fsp3) is 0.364. The van der Waals surface area contributed by atoms with E-state index >= 15 is 0 Å². The summed E-state index contributed by atoms with van der Waals surface area (Å²) in [5.41, 5.74) is 2.69. The van der Waals surface area contributed by atoms with Gasteiger partial charge in [-0.15, -0.1) is 11.3 Å². The van der Waals surface area contributed by atoms with Crippen LogP contribution in [0, 0.1) is 6.92 Å². The number of pyridine rings is 1. The highest BCUT2D eigenvalue weighted by molar-refractivity contribution is 7.80. The highest BCUT2D eigenvalue weighted by atomic mass is 32.1. The lowest BCUT2D eigenvalue weighted by Gasteiger charge is -2.25. The molecule has 5 nitrogen and oxygen atoms in total. The first-order valence-corrected chi connectivity index (χ1v) is 11.0. The van der Waals surface area contributed by atoms with Crippen LogP contribution in [-0.4, -0.2) is 47.1 Å². The number of thiocarbonyl (C=S) groups is 1. The molecule has 0 saturated heterocycles. The molecule has 29 heavy (non-hydrogen) atoms. The van der Waals surface area contributed by atoms with Crippen LogP contribution >= 0.6 is 23.6 Å². The van der Waals surface area contributed by atoms with Crippen LogP contribution in [0.3, 0.4) is 0 Å². The third-order valence-corrected chi connectivity index (χ3v) is 5.97. The van der Waals surface area contributed by atoms with E-state index < -0.39 is 0 Å². The Labute approximate surface area is 181 Å². The van der Waals surface area contributed by atoms with E-state index in [-0.39, 0.29) is 5.56 Å². The Morgan fingerprint density at radius 1 is 1.21 bits per heavy atom. The molecular formula is C22H28N4OS2. The van der Waals surface area contributed by atoms with Crippen molar-refractivity contribution < 1.29 is 0 Å². The molecule has 0 saturated carbocycles. The topological polar surface area (TPSA) is 51.4 Å². The molecule has 0 unspecified atom stereocenters. The van der Waals surface area contributed by atoms with Gasteiger partial charge in [-0.05, 0) is 81.2 Å². The van der Waals surface area contributed by atoms with Crippen LogP contribution in [0.15, 0.2) is 46.6 Å². The van der Waals surface area contributed by atoms with Crippen LogP contribution in [0.25, 0.3) is 10.9 Å². The fourth-order valence-corrected chi connectivity index (χ4v) is 4.14. The zero-order valence-corrected chi connectivity index (χ0v) is 18.8. The van der Waals surface area contributed by atoms with E-state index in [0.717, 1.165) is 36.0 Å². The van der Waals surface area contributed by atoms with E-state index in [1.165, 1.54) is 10.4 Å². The van der Waals surface area contributed by atoms with Crippen molar-refractivity contribution in [3.8, 4) is 0 Å². The highest BCUT2D eigenvalue weighted by Crippen LogP contribution is 2.17. The molecule has 0 amide bonds. The zero-order chi connectivity index (χ0) is 20.8. The van der Waals surface area contributed by atoms with E-state index in [4.69, 9.17) is 12.2 Å². The van der Waals surface area contributed by atoms with E-state index in [2.05, 4.69) is 58.6 Å². The van der Waals surface area contributed by atoms with Gasteiger partial charge < -0.3 is 20.1 Å². The summed E-state index contributed by atoms with van der Waals surface area (Å²) in [7, 11) is 4.13. The minimum Gasteiger partial charge on any atom is -0.363 e.